The van der Waals surface area contributed by atoms with Crippen molar-refractivity contribution in [3.05, 3.63) is 70.0 Å². The number of likely N-dealkylation sites (tertiary alicyclic amines) is 1. The third-order valence-corrected chi connectivity index (χ3v) is 8.61. The highest BCUT2D eigenvalue weighted by atomic mass is 16.3. The molecular weight excluding hydrogens is 484 g/mol. The molecule has 8 heteroatoms. The average Bonchev–Trinajstić information content (AvgIpc) is 3.36. The number of phenolic OH excluding ortho intramolecular Hbond substituents is 1. The number of Topliss-reactive ketones (excluding diaryl/α,β-unsaturated/α-hetero) is 2. The second-order valence-electron chi connectivity index (χ2n) is 10.9. The quantitative estimate of drug-likeness (QED) is 0.457. The van der Waals surface area contributed by atoms with Crippen LogP contribution in [0.2, 0.25) is 0 Å². The first-order valence-electron chi connectivity index (χ1n) is 13.1. The lowest BCUT2D eigenvalue weighted by Gasteiger charge is -2.41. The minimum absolute atomic E-state index is 0.0679. The molecule has 0 aromatic heterocycles. The number of allylic oxidation sites excluding steroid dienone is 2. The number of aliphatic hydroxyl groups is 2. The van der Waals surface area contributed by atoms with E-state index in [0.717, 1.165) is 36.3 Å². The fraction of sp³-hybridized carbons (Fsp3) is 0.367. The number of nitrogens with zero attached hydrogens (tertiary/aromatic N) is 1. The van der Waals surface area contributed by atoms with Gasteiger partial charge in [0.1, 0.15) is 22.8 Å². The maximum absolute atomic E-state index is 13.6. The normalized spacial score (nSPS) is 25.3. The van der Waals surface area contributed by atoms with Crippen molar-refractivity contribution in [2.75, 3.05) is 13.1 Å². The molecule has 0 bridgehead atoms. The number of aliphatic hydroxyl groups excluding tert-OH is 2. The van der Waals surface area contributed by atoms with Crippen LogP contribution in [0.4, 0.5) is 0 Å². The second kappa shape index (κ2) is 9.13. The minimum atomic E-state index is -1.11. The van der Waals surface area contributed by atoms with Gasteiger partial charge in [0.2, 0.25) is 0 Å². The monoisotopic (exact) mass is 514 g/mol. The molecular formula is C30H30N2O6. The van der Waals surface area contributed by atoms with E-state index in [0.29, 0.717) is 12.8 Å². The summed E-state index contributed by atoms with van der Waals surface area (Å²) in [6, 6.07) is 11.6. The number of amides is 1. The van der Waals surface area contributed by atoms with Gasteiger partial charge in [-0.25, -0.2) is 0 Å². The molecule has 3 aliphatic carbocycles. The molecule has 2 fully saturated rings. The number of aromatic hydroxyl groups is 1. The highest BCUT2D eigenvalue weighted by Gasteiger charge is 2.51. The van der Waals surface area contributed by atoms with Gasteiger partial charge in [-0.1, -0.05) is 24.3 Å². The zero-order valence-electron chi connectivity index (χ0n) is 20.9. The molecule has 5 N–H and O–H groups in total. The van der Waals surface area contributed by atoms with Gasteiger partial charge in [-0.05, 0) is 85.0 Å². The number of phenols is 1. The molecule has 2 aromatic carbocycles. The van der Waals surface area contributed by atoms with Gasteiger partial charge < -0.3 is 21.1 Å². The Labute approximate surface area is 220 Å². The van der Waals surface area contributed by atoms with E-state index in [1.165, 1.54) is 24.5 Å². The van der Waals surface area contributed by atoms with E-state index < -0.39 is 40.6 Å². The van der Waals surface area contributed by atoms with Crippen LogP contribution in [0.1, 0.15) is 42.4 Å². The summed E-state index contributed by atoms with van der Waals surface area (Å²) in [5.74, 6) is -5.21. The predicted molar refractivity (Wildman–Crippen MR) is 140 cm³/mol. The number of benzene rings is 2. The molecule has 2 aromatic rings. The van der Waals surface area contributed by atoms with Crippen LogP contribution >= 0.6 is 0 Å². The van der Waals surface area contributed by atoms with Crippen LogP contribution in [0, 0.1) is 17.8 Å². The molecule has 3 atom stereocenters. The topological polar surface area (TPSA) is 141 Å². The predicted octanol–water partition coefficient (Wildman–Crippen LogP) is 3.57. The van der Waals surface area contributed by atoms with Crippen LogP contribution in [-0.2, 0) is 27.3 Å². The Balaban J connectivity index is 1.42. The smallest absolute Gasteiger partial charge is 0.255 e. The SMILES string of the molecule is NC(=O)C1=C(O)C2C(=O)C3=C(O)c4c(O)ccc(-c5cccc(CN6CCCC6)c5)c4CC3CC2CC1=O. The van der Waals surface area contributed by atoms with Crippen LogP contribution in [0.15, 0.2) is 53.3 Å². The van der Waals surface area contributed by atoms with Crippen molar-refractivity contribution in [1.29, 1.82) is 0 Å². The molecule has 38 heavy (non-hydrogen) atoms. The molecule has 8 nitrogen and oxygen atoms in total. The number of nitrogens with two attached hydrogens (primary N) is 1. The Bertz CT molecular complexity index is 1450. The van der Waals surface area contributed by atoms with Crippen LogP contribution < -0.4 is 5.73 Å². The molecule has 1 aliphatic heterocycles. The van der Waals surface area contributed by atoms with Crippen LogP contribution in [-0.4, -0.2) is 50.8 Å². The average molecular weight is 515 g/mol. The Hall–Kier alpha value is -3.91. The van der Waals surface area contributed by atoms with Gasteiger partial charge in [-0.2, -0.15) is 0 Å². The Morgan fingerprint density at radius 3 is 2.53 bits per heavy atom. The second-order valence-corrected chi connectivity index (χ2v) is 10.9. The van der Waals surface area contributed by atoms with Crippen molar-refractivity contribution < 1.29 is 29.7 Å². The van der Waals surface area contributed by atoms with Gasteiger partial charge in [0.05, 0.1) is 11.5 Å². The molecule has 3 unspecified atom stereocenters. The summed E-state index contributed by atoms with van der Waals surface area (Å²) in [7, 11) is 0. The zero-order chi connectivity index (χ0) is 26.7. The van der Waals surface area contributed by atoms with Crippen LogP contribution in [0.3, 0.4) is 0 Å². The van der Waals surface area contributed by atoms with Crippen molar-refractivity contribution in [1.82, 2.24) is 4.90 Å². The lowest BCUT2D eigenvalue weighted by molar-refractivity contribution is -0.127. The summed E-state index contributed by atoms with van der Waals surface area (Å²) < 4.78 is 0. The number of fused-ring (bicyclic) bond motifs is 3. The van der Waals surface area contributed by atoms with E-state index in [4.69, 9.17) is 5.73 Å². The summed E-state index contributed by atoms with van der Waals surface area (Å²) >= 11 is 0. The fourth-order valence-corrected chi connectivity index (χ4v) is 6.95. The number of hydrogen-bond acceptors (Lipinski definition) is 7. The first kappa shape index (κ1) is 24.4. The number of carbonyl (C=O) groups is 3. The zero-order valence-corrected chi connectivity index (χ0v) is 20.9. The van der Waals surface area contributed by atoms with E-state index in [-0.39, 0.29) is 35.0 Å². The van der Waals surface area contributed by atoms with Gasteiger partial charge >= 0.3 is 0 Å². The van der Waals surface area contributed by atoms with E-state index in [1.54, 1.807) is 0 Å². The van der Waals surface area contributed by atoms with Gasteiger partial charge in [-0.3, -0.25) is 19.3 Å². The number of hydrogen-bond donors (Lipinski definition) is 4. The molecule has 1 saturated heterocycles. The Kier molecular flexibility index (Phi) is 5.87. The highest BCUT2D eigenvalue weighted by Crippen LogP contribution is 2.51. The summed E-state index contributed by atoms with van der Waals surface area (Å²) in [4.78, 5) is 40.4. The number of ketones is 2. The largest absolute Gasteiger partial charge is 0.511 e. The number of primary amides is 1. The Morgan fingerprint density at radius 2 is 1.79 bits per heavy atom. The summed E-state index contributed by atoms with van der Waals surface area (Å²) in [5.41, 5.74) is 8.89. The molecule has 1 saturated carbocycles. The lowest BCUT2D eigenvalue weighted by atomic mass is 9.61. The van der Waals surface area contributed by atoms with Crippen LogP contribution in [0.5, 0.6) is 5.75 Å². The number of carbonyl (C=O) groups excluding carboxylic acids is 3. The third-order valence-electron chi connectivity index (χ3n) is 8.61. The Morgan fingerprint density at radius 1 is 1.03 bits per heavy atom. The molecule has 4 aliphatic rings. The minimum Gasteiger partial charge on any atom is -0.511 e. The maximum Gasteiger partial charge on any atom is 0.255 e. The molecule has 1 heterocycles. The fourth-order valence-electron chi connectivity index (χ4n) is 6.95. The first-order chi connectivity index (χ1) is 18.2. The molecule has 6 rings (SSSR count). The standard InChI is InChI=1S/C30H30N2O6/c31-30(38)26-22(34)13-18-11-17-12-20-19(16-5-3-4-15(10-16)14-32-8-1-2-9-32)6-7-21(33)25(20)28(36)23(17)27(35)24(18)29(26)37/h3-7,10,17-18,24,33,36-37H,1-2,8-9,11-14H2,(H2,31,38). The van der Waals surface area contributed by atoms with Gasteiger partial charge in [0, 0.05) is 18.5 Å². The van der Waals surface area contributed by atoms with Crippen molar-refractivity contribution in [2.45, 2.75) is 38.6 Å². The van der Waals surface area contributed by atoms with Crippen molar-refractivity contribution >= 4 is 23.2 Å². The summed E-state index contributed by atoms with van der Waals surface area (Å²) in [5, 5.41) is 32.8. The van der Waals surface area contributed by atoms with Gasteiger partial charge in [-0.15, -0.1) is 0 Å². The van der Waals surface area contributed by atoms with Crippen molar-refractivity contribution in [3.8, 4) is 16.9 Å². The summed E-state index contributed by atoms with van der Waals surface area (Å²) in [6.45, 7) is 3.04. The maximum atomic E-state index is 13.6. The van der Waals surface area contributed by atoms with E-state index in [2.05, 4.69) is 17.0 Å². The van der Waals surface area contributed by atoms with Gasteiger partial charge in [0.25, 0.3) is 5.91 Å². The van der Waals surface area contributed by atoms with Gasteiger partial charge in [0.15, 0.2) is 11.6 Å². The summed E-state index contributed by atoms with van der Waals surface area (Å²) in [6.07, 6.45) is 3.13. The van der Waals surface area contributed by atoms with E-state index in [1.807, 2.05) is 18.2 Å². The van der Waals surface area contributed by atoms with Crippen LogP contribution in [0.25, 0.3) is 16.9 Å². The molecule has 196 valence electrons. The van der Waals surface area contributed by atoms with E-state index >= 15 is 0 Å². The highest BCUT2D eigenvalue weighted by molar-refractivity contribution is 6.21. The molecule has 0 spiro atoms. The molecule has 0 radical (unpaired) electrons. The van der Waals surface area contributed by atoms with Crippen molar-refractivity contribution in [3.63, 3.8) is 0 Å². The van der Waals surface area contributed by atoms with Crippen molar-refractivity contribution in [2.24, 2.45) is 23.5 Å². The van der Waals surface area contributed by atoms with E-state index in [9.17, 15) is 29.7 Å². The third kappa shape index (κ3) is 3.82. The molecule has 1 amide bonds. The number of rotatable bonds is 4. The first-order valence-corrected chi connectivity index (χ1v) is 13.1. The lowest BCUT2D eigenvalue weighted by Crippen LogP contribution is -2.44.